The molecule has 0 aromatic heterocycles. The highest BCUT2D eigenvalue weighted by Crippen LogP contribution is 2.35. The smallest absolute Gasteiger partial charge is 0.322 e. The number of hydrogen-bond donors (Lipinski definition) is 2. The summed E-state index contributed by atoms with van der Waals surface area (Å²) in [6, 6.07) is 7.10. The number of nitrogens with one attached hydrogen (secondary N) is 2. The number of rotatable bonds is 6. The molecule has 2 N–H and O–H groups in total. The molecule has 2 aliphatic rings. The number of amides is 4. The number of nitrogens with zero attached hydrogens (tertiary/aromatic N) is 2. The van der Waals surface area contributed by atoms with Crippen molar-refractivity contribution in [3.05, 3.63) is 34.9 Å². The molecule has 0 atom stereocenters. The van der Waals surface area contributed by atoms with Crippen LogP contribution < -0.4 is 10.6 Å². The van der Waals surface area contributed by atoms with E-state index in [1.165, 1.54) is 0 Å². The van der Waals surface area contributed by atoms with Gasteiger partial charge in [-0.15, -0.1) is 0 Å². The van der Waals surface area contributed by atoms with Gasteiger partial charge in [0.05, 0.1) is 0 Å². The van der Waals surface area contributed by atoms with E-state index in [4.69, 9.17) is 11.6 Å². The van der Waals surface area contributed by atoms with E-state index in [0.717, 1.165) is 12.1 Å². The summed E-state index contributed by atoms with van der Waals surface area (Å²) < 4.78 is 0. The quantitative estimate of drug-likeness (QED) is 0.708. The standard InChI is InChI=1S/C20H27ClN4O3/c1-24(2)11-12-25(13-14-3-5-16(21)6-4-14)17(26)15-7-9-20(10-8-15)18(27)22-19(28)23-20/h3-6,15H,7-13H2,1-2H3,(H2,22,23,27,28). The lowest BCUT2D eigenvalue weighted by molar-refractivity contribution is -0.139. The second kappa shape index (κ2) is 8.49. The maximum atomic E-state index is 13.2. The number of carbonyl (C=O) groups excluding carboxylic acids is 3. The van der Waals surface area contributed by atoms with E-state index in [1.54, 1.807) is 0 Å². The van der Waals surface area contributed by atoms with Gasteiger partial charge in [0, 0.05) is 30.6 Å². The Morgan fingerprint density at radius 2 is 1.79 bits per heavy atom. The first-order chi connectivity index (χ1) is 13.3. The Hall–Kier alpha value is -2.12. The van der Waals surface area contributed by atoms with E-state index in [9.17, 15) is 14.4 Å². The van der Waals surface area contributed by atoms with Crippen molar-refractivity contribution < 1.29 is 14.4 Å². The first-order valence-electron chi connectivity index (χ1n) is 9.61. The van der Waals surface area contributed by atoms with Gasteiger partial charge < -0.3 is 15.1 Å². The molecule has 1 spiro atoms. The summed E-state index contributed by atoms with van der Waals surface area (Å²) in [5.41, 5.74) is 0.199. The summed E-state index contributed by atoms with van der Waals surface area (Å²) >= 11 is 5.97. The van der Waals surface area contributed by atoms with Crippen LogP contribution in [-0.4, -0.2) is 60.4 Å². The van der Waals surface area contributed by atoms with E-state index >= 15 is 0 Å². The fourth-order valence-electron chi connectivity index (χ4n) is 3.89. The third-order valence-corrected chi connectivity index (χ3v) is 5.87. The van der Waals surface area contributed by atoms with Crippen LogP contribution >= 0.6 is 11.6 Å². The van der Waals surface area contributed by atoms with Gasteiger partial charge in [0.1, 0.15) is 5.54 Å². The predicted molar refractivity (Wildman–Crippen MR) is 107 cm³/mol. The molecular formula is C20H27ClN4O3. The van der Waals surface area contributed by atoms with Crippen LogP contribution in [0.3, 0.4) is 0 Å². The van der Waals surface area contributed by atoms with Gasteiger partial charge in [0.15, 0.2) is 0 Å². The highest BCUT2D eigenvalue weighted by molar-refractivity contribution is 6.30. The summed E-state index contributed by atoms with van der Waals surface area (Å²) in [4.78, 5) is 40.8. The highest BCUT2D eigenvalue weighted by Gasteiger charge is 2.49. The third-order valence-electron chi connectivity index (χ3n) is 5.62. The van der Waals surface area contributed by atoms with Crippen molar-refractivity contribution >= 4 is 29.4 Å². The van der Waals surface area contributed by atoms with Crippen molar-refractivity contribution in [1.29, 1.82) is 0 Å². The van der Waals surface area contributed by atoms with Gasteiger partial charge in [-0.1, -0.05) is 23.7 Å². The third kappa shape index (κ3) is 4.64. The summed E-state index contributed by atoms with van der Waals surface area (Å²) in [7, 11) is 3.97. The molecule has 4 amide bonds. The van der Waals surface area contributed by atoms with Gasteiger partial charge in [0.25, 0.3) is 5.91 Å². The Morgan fingerprint density at radius 1 is 1.14 bits per heavy atom. The molecule has 0 bridgehead atoms. The molecule has 0 radical (unpaired) electrons. The topological polar surface area (TPSA) is 81.8 Å². The first-order valence-corrected chi connectivity index (χ1v) is 9.98. The van der Waals surface area contributed by atoms with Gasteiger partial charge >= 0.3 is 6.03 Å². The fraction of sp³-hybridized carbons (Fsp3) is 0.550. The Morgan fingerprint density at radius 3 is 2.32 bits per heavy atom. The van der Waals surface area contributed by atoms with E-state index < -0.39 is 11.6 Å². The van der Waals surface area contributed by atoms with Crippen LogP contribution in [0.4, 0.5) is 4.79 Å². The lowest BCUT2D eigenvalue weighted by Crippen LogP contribution is -2.51. The van der Waals surface area contributed by atoms with Crippen LogP contribution in [0.25, 0.3) is 0 Å². The molecule has 0 unspecified atom stereocenters. The molecule has 1 aromatic rings. The van der Waals surface area contributed by atoms with Crippen molar-refractivity contribution in [1.82, 2.24) is 20.4 Å². The van der Waals surface area contributed by atoms with Crippen LogP contribution in [0.2, 0.25) is 5.02 Å². The number of likely N-dealkylation sites (N-methyl/N-ethyl adjacent to an activating group) is 1. The van der Waals surface area contributed by atoms with E-state index in [2.05, 4.69) is 15.5 Å². The lowest BCUT2D eigenvalue weighted by Gasteiger charge is -2.36. The van der Waals surface area contributed by atoms with Crippen molar-refractivity contribution in [3.8, 4) is 0 Å². The van der Waals surface area contributed by atoms with Gasteiger partial charge in [-0.3, -0.25) is 14.9 Å². The second-order valence-electron chi connectivity index (χ2n) is 7.95. The summed E-state index contributed by atoms with van der Waals surface area (Å²) in [5.74, 6) is -0.296. The number of imide groups is 1. The Bertz CT molecular complexity index is 742. The van der Waals surface area contributed by atoms with Crippen molar-refractivity contribution in [2.75, 3.05) is 27.2 Å². The molecule has 1 saturated carbocycles. The van der Waals surface area contributed by atoms with Gasteiger partial charge in [-0.2, -0.15) is 0 Å². The minimum atomic E-state index is -0.835. The molecule has 1 saturated heterocycles. The minimum Gasteiger partial charge on any atom is -0.337 e. The number of halogens is 1. The summed E-state index contributed by atoms with van der Waals surface area (Å²) in [5, 5.41) is 5.73. The highest BCUT2D eigenvalue weighted by atomic mass is 35.5. The Kier molecular flexibility index (Phi) is 6.25. The molecule has 2 fully saturated rings. The van der Waals surface area contributed by atoms with Crippen molar-refractivity contribution in [2.45, 2.75) is 37.8 Å². The normalized spacial score (nSPS) is 24.4. The predicted octanol–water partition coefficient (Wildman–Crippen LogP) is 2.00. The van der Waals surface area contributed by atoms with E-state index in [1.807, 2.05) is 43.3 Å². The van der Waals surface area contributed by atoms with Crippen LogP contribution in [0.1, 0.15) is 31.2 Å². The summed E-state index contributed by atoms with van der Waals surface area (Å²) in [6.45, 7) is 1.94. The van der Waals surface area contributed by atoms with Gasteiger partial charge in [-0.25, -0.2) is 4.79 Å². The lowest BCUT2D eigenvalue weighted by atomic mass is 9.76. The molecule has 3 rings (SSSR count). The molecule has 1 aliphatic carbocycles. The second-order valence-corrected chi connectivity index (χ2v) is 8.39. The zero-order valence-corrected chi connectivity index (χ0v) is 17.1. The molecular weight excluding hydrogens is 380 g/mol. The Labute approximate surface area is 170 Å². The fourth-order valence-corrected chi connectivity index (χ4v) is 4.02. The minimum absolute atomic E-state index is 0.108. The van der Waals surface area contributed by atoms with Crippen LogP contribution in [0.15, 0.2) is 24.3 Å². The zero-order valence-electron chi connectivity index (χ0n) is 16.3. The number of carbonyl (C=O) groups is 3. The van der Waals surface area contributed by atoms with Gasteiger partial charge in [0.2, 0.25) is 5.91 Å². The Balaban J connectivity index is 1.66. The SMILES string of the molecule is CN(C)CCN(Cc1ccc(Cl)cc1)C(=O)C1CCC2(CC1)NC(=O)NC2=O. The van der Waals surface area contributed by atoms with Crippen LogP contribution in [-0.2, 0) is 16.1 Å². The van der Waals surface area contributed by atoms with Crippen molar-refractivity contribution in [3.63, 3.8) is 0 Å². The average Bonchev–Trinajstić information content (AvgIpc) is 2.93. The largest absolute Gasteiger partial charge is 0.337 e. The molecule has 8 heteroatoms. The number of urea groups is 1. The maximum absolute atomic E-state index is 13.2. The number of hydrogen-bond acceptors (Lipinski definition) is 4. The molecule has 28 heavy (non-hydrogen) atoms. The first kappa shape index (κ1) is 20.6. The van der Waals surface area contributed by atoms with Gasteiger partial charge in [-0.05, 0) is 57.5 Å². The molecule has 1 aromatic carbocycles. The molecule has 7 nitrogen and oxygen atoms in total. The van der Waals surface area contributed by atoms with Crippen LogP contribution in [0, 0.1) is 5.92 Å². The monoisotopic (exact) mass is 406 g/mol. The molecule has 1 aliphatic heterocycles. The van der Waals surface area contributed by atoms with Crippen LogP contribution in [0.5, 0.6) is 0 Å². The molecule has 152 valence electrons. The zero-order chi connectivity index (χ0) is 20.3. The molecule has 1 heterocycles. The summed E-state index contributed by atoms with van der Waals surface area (Å²) in [6.07, 6.45) is 2.16. The van der Waals surface area contributed by atoms with E-state index in [0.29, 0.717) is 43.8 Å². The van der Waals surface area contributed by atoms with E-state index in [-0.39, 0.29) is 17.7 Å². The maximum Gasteiger partial charge on any atom is 0.322 e. The number of benzene rings is 1. The van der Waals surface area contributed by atoms with Crippen molar-refractivity contribution in [2.24, 2.45) is 5.92 Å². The average molecular weight is 407 g/mol.